The Morgan fingerprint density at radius 3 is 2.77 bits per heavy atom. The molecule has 0 radical (unpaired) electrons. The second-order valence-corrected chi connectivity index (χ2v) is 5.93. The van der Waals surface area contributed by atoms with Gasteiger partial charge in [-0.2, -0.15) is 0 Å². The van der Waals surface area contributed by atoms with Crippen LogP contribution in [0.1, 0.15) is 18.2 Å². The molecule has 2 heterocycles. The third kappa shape index (κ3) is 3.20. The number of aromatic nitrogens is 1. The molecule has 3 rings (SSSR count). The van der Waals surface area contributed by atoms with E-state index in [-0.39, 0.29) is 11.8 Å². The first-order valence-corrected chi connectivity index (χ1v) is 7.63. The number of carbonyl (C=O) groups excluding carboxylic acids is 1. The summed E-state index contributed by atoms with van der Waals surface area (Å²) in [4.78, 5) is 16.5. The molecule has 1 aromatic carbocycles. The van der Waals surface area contributed by atoms with Crippen LogP contribution in [0.5, 0.6) is 0 Å². The molecule has 1 unspecified atom stereocenters. The smallest absolute Gasteiger partial charge is 0.226 e. The van der Waals surface area contributed by atoms with Crippen molar-refractivity contribution in [2.45, 2.75) is 20.4 Å². The monoisotopic (exact) mass is 299 g/mol. The van der Waals surface area contributed by atoms with Gasteiger partial charge in [-0.1, -0.05) is 24.6 Å². The maximum atomic E-state index is 12.1. The van der Waals surface area contributed by atoms with Gasteiger partial charge in [0.05, 0.1) is 12.2 Å². The van der Waals surface area contributed by atoms with Crippen LogP contribution in [0.4, 0.5) is 0 Å². The summed E-state index contributed by atoms with van der Waals surface area (Å²) in [6, 6.07) is 8.01. The third-order valence-corrected chi connectivity index (χ3v) is 4.23. The SMILES string of the molecule is Cc1ccc(-c2nc(CNC(=O)C(C)C3CNC3)co2)cc1. The van der Waals surface area contributed by atoms with Gasteiger partial charge in [0.1, 0.15) is 6.26 Å². The molecular formula is C17H21N3O2. The molecule has 5 nitrogen and oxygen atoms in total. The summed E-state index contributed by atoms with van der Waals surface area (Å²) in [6.45, 7) is 6.27. The molecule has 1 amide bonds. The van der Waals surface area contributed by atoms with E-state index in [1.807, 2.05) is 38.1 Å². The maximum absolute atomic E-state index is 12.1. The Morgan fingerprint density at radius 2 is 2.14 bits per heavy atom. The van der Waals surface area contributed by atoms with E-state index in [1.54, 1.807) is 6.26 Å². The van der Waals surface area contributed by atoms with E-state index < -0.39 is 0 Å². The van der Waals surface area contributed by atoms with E-state index in [0.29, 0.717) is 18.4 Å². The highest BCUT2D eigenvalue weighted by molar-refractivity contribution is 5.78. The molecule has 0 bridgehead atoms. The van der Waals surface area contributed by atoms with Crippen molar-refractivity contribution < 1.29 is 9.21 Å². The highest BCUT2D eigenvalue weighted by Crippen LogP contribution is 2.19. The fourth-order valence-electron chi connectivity index (χ4n) is 2.43. The number of nitrogens with zero attached hydrogens (tertiary/aromatic N) is 1. The fourth-order valence-corrected chi connectivity index (χ4v) is 2.43. The summed E-state index contributed by atoms with van der Waals surface area (Å²) in [7, 11) is 0. The van der Waals surface area contributed by atoms with Gasteiger partial charge in [0.25, 0.3) is 0 Å². The molecule has 1 fully saturated rings. The van der Waals surface area contributed by atoms with Crippen molar-refractivity contribution in [3.05, 3.63) is 41.8 Å². The van der Waals surface area contributed by atoms with Crippen LogP contribution >= 0.6 is 0 Å². The summed E-state index contributed by atoms with van der Waals surface area (Å²) in [6.07, 6.45) is 1.60. The number of carbonyl (C=O) groups is 1. The zero-order valence-corrected chi connectivity index (χ0v) is 12.9. The van der Waals surface area contributed by atoms with Gasteiger partial charge < -0.3 is 15.1 Å². The van der Waals surface area contributed by atoms with Crippen molar-refractivity contribution in [3.8, 4) is 11.5 Å². The molecule has 1 aliphatic rings. The first-order valence-electron chi connectivity index (χ1n) is 7.63. The molecule has 116 valence electrons. The number of amides is 1. The number of oxazole rings is 1. The summed E-state index contributed by atoms with van der Waals surface area (Å²) in [5.74, 6) is 1.14. The Morgan fingerprint density at radius 1 is 1.41 bits per heavy atom. The highest BCUT2D eigenvalue weighted by Gasteiger charge is 2.28. The van der Waals surface area contributed by atoms with Crippen molar-refractivity contribution >= 4 is 5.91 Å². The standard InChI is InChI=1S/C17H21N3O2/c1-11-3-5-13(6-4-11)17-20-15(10-22-17)9-19-16(21)12(2)14-7-18-8-14/h3-6,10,12,14,18H,7-9H2,1-2H3,(H,19,21). The second kappa shape index (κ2) is 6.32. The minimum absolute atomic E-state index is 0.0321. The molecule has 2 aromatic rings. The van der Waals surface area contributed by atoms with E-state index >= 15 is 0 Å². The van der Waals surface area contributed by atoms with Gasteiger partial charge in [0, 0.05) is 11.5 Å². The van der Waals surface area contributed by atoms with Gasteiger partial charge in [-0.25, -0.2) is 4.98 Å². The van der Waals surface area contributed by atoms with E-state index in [9.17, 15) is 4.79 Å². The molecule has 22 heavy (non-hydrogen) atoms. The number of hydrogen-bond donors (Lipinski definition) is 2. The summed E-state index contributed by atoms with van der Waals surface area (Å²) >= 11 is 0. The Balaban J connectivity index is 1.57. The molecule has 1 saturated heterocycles. The Labute approximate surface area is 130 Å². The van der Waals surface area contributed by atoms with Crippen molar-refractivity contribution in [1.82, 2.24) is 15.6 Å². The van der Waals surface area contributed by atoms with Crippen LogP contribution < -0.4 is 10.6 Å². The highest BCUT2D eigenvalue weighted by atomic mass is 16.3. The maximum Gasteiger partial charge on any atom is 0.226 e. The van der Waals surface area contributed by atoms with Gasteiger partial charge >= 0.3 is 0 Å². The number of nitrogens with one attached hydrogen (secondary N) is 2. The topological polar surface area (TPSA) is 67.2 Å². The van der Waals surface area contributed by atoms with Crippen molar-refractivity contribution in [1.29, 1.82) is 0 Å². The van der Waals surface area contributed by atoms with Gasteiger partial charge in [0.2, 0.25) is 11.8 Å². The predicted molar refractivity (Wildman–Crippen MR) is 84.0 cm³/mol. The van der Waals surface area contributed by atoms with Crippen LogP contribution in [0.25, 0.3) is 11.5 Å². The zero-order valence-electron chi connectivity index (χ0n) is 12.9. The molecule has 0 saturated carbocycles. The minimum atomic E-state index is 0.0321. The lowest BCUT2D eigenvalue weighted by Crippen LogP contribution is -2.49. The van der Waals surface area contributed by atoms with Crippen molar-refractivity contribution in [2.75, 3.05) is 13.1 Å². The fraction of sp³-hybridized carbons (Fsp3) is 0.412. The van der Waals surface area contributed by atoms with Crippen LogP contribution in [0, 0.1) is 18.8 Å². The van der Waals surface area contributed by atoms with Gasteiger partial charge in [-0.15, -0.1) is 0 Å². The first kappa shape index (κ1) is 14.8. The molecule has 5 heteroatoms. The normalized spacial score (nSPS) is 16.1. The Bertz CT molecular complexity index is 644. The molecule has 0 spiro atoms. The molecule has 1 aromatic heterocycles. The van der Waals surface area contributed by atoms with Gasteiger partial charge in [-0.05, 0) is 38.1 Å². The predicted octanol–water partition coefficient (Wildman–Crippen LogP) is 2.12. The number of rotatable bonds is 5. The van der Waals surface area contributed by atoms with Crippen LogP contribution in [0.15, 0.2) is 34.9 Å². The Kier molecular flexibility index (Phi) is 4.24. The molecule has 0 aliphatic carbocycles. The number of aryl methyl sites for hydroxylation is 1. The van der Waals surface area contributed by atoms with E-state index in [2.05, 4.69) is 15.6 Å². The van der Waals surface area contributed by atoms with E-state index in [4.69, 9.17) is 4.42 Å². The molecular weight excluding hydrogens is 278 g/mol. The van der Waals surface area contributed by atoms with Crippen LogP contribution in [-0.2, 0) is 11.3 Å². The van der Waals surface area contributed by atoms with Crippen molar-refractivity contribution in [2.24, 2.45) is 11.8 Å². The van der Waals surface area contributed by atoms with Crippen molar-refractivity contribution in [3.63, 3.8) is 0 Å². The lowest BCUT2D eigenvalue weighted by Gasteiger charge is -2.31. The van der Waals surface area contributed by atoms with Crippen LogP contribution in [0.2, 0.25) is 0 Å². The molecule has 1 aliphatic heterocycles. The van der Waals surface area contributed by atoms with Gasteiger partial charge in [0.15, 0.2) is 0 Å². The lowest BCUT2D eigenvalue weighted by molar-refractivity contribution is -0.126. The van der Waals surface area contributed by atoms with Gasteiger partial charge in [-0.3, -0.25) is 4.79 Å². The third-order valence-electron chi connectivity index (χ3n) is 4.23. The van der Waals surface area contributed by atoms with Crippen LogP contribution in [-0.4, -0.2) is 24.0 Å². The average Bonchev–Trinajstić information content (AvgIpc) is 2.92. The average molecular weight is 299 g/mol. The summed E-state index contributed by atoms with van der Waals surface area (Å²) in [5.41, 5.74) is 2.88. The molecule has 2 N–H and O–H groups in total. The largest absolute Gasteiger partial charge is 0.444 e. The molecule has 1 atom stereocenters. The summed E-state index contributed by atoms with van der Waals surface area (Å²) in [5, 5.41) is 6.12. The first-order chi connectivity index (χ1) is 10.6. The van der Waals surface area contributed by atoms with Crippen LogP contribution in [0.3, 0.4) is 0 Å². The Hall–Kier alpha value is -2.14. The number of hydrogen-bond acceptors (Lipinski definition) is 4. The minimum Gasteiger partial charge on any atom is -0.444 e. The lowest BCUT2D eigenvalue weighted by atomic mass is 9.88. The zero-order chi connectivity index (χ0) is 15.5. The quantitative estimate of drug-likeness (QED) is 0.887. The summed E-state index contributed by atoms with van der Waals surface area (Å²) < 4.78 is 5.49. The van der Waals surface area contributed by atoms with E-state index in [0.717, 1.165) is 24.3 Å². The second-order valence-electron chi connectivity index (χ2n) is 5.93. The number of benzene rings is 1. The van der Waals surface area contributed by atoms with E-state index in [1.165, 1.54) is 5.56 Å².